The topological polar surface area (TPSA) is 30.9 Å². The smallest absolute Gasteiger partial charge is 0.123 e. The summed E-state index contributed by atoms with van der Waals surface area (Å²) in [5, 5.41) is 0. The molecule has 1 aliphatic carbocycles. The molecule has 1 fully saturated rings. The summed E-state index contributed by atoms with van der Waals surface area (Å²) in [4.78, 5) is 2.46. The maximum atomic E-state index is 5.44. The van der Waals surface area contributed by atoms with E-state index >= 15 is 0 Å². The number of ether oxygens (including phenoxy) is 3. The minimum Gasteiger partial charge on any atom is -0.497 e. The highest BCUT2D eigenvalue weighted by molar-refractivity contribution is 5.40. The molecule has 1 saturated carbocycles. The Kier molecular flexibility index (Phi) is 5.05. The SMILES string of the molecule is COCCN(Cc1cc(OC)ccc1OC)C1CC1. The normalized spacial score (nSPS) is 14.7. The summed E-state index contributed by atoms with van der Waals surface area (Å²) in [6.45, 7) is 2.61. The number of methoxy groups -OCH3 is 3. The molecule has 19 heavy (non-hydrogen) atoms. The summed E-state index contributed by atoms with van der Waals surface area (Å²) < 4.78 is 15.9. The third-order valence-corrected chi connectivity index (χ3v) is 3.51. The van der Waals surface area contributed by atoms with E-state index < -0.39 is 0 Å². The lowest BCUT2D eigenvalue weighted by molar-refractivity contribution is 0.139. The van der Waals surface area contributed by atoms with Gasteiger partial charge in [-0.1, -0.05) is 0 Å². The zero-order chi connectivity index (χ0) is 13.7. The second-order valence-electron chi connectivity index (χ2n) is 4.87. The molecular formula is C15H23NO3. The Labute approximate surface area is 115 Å². The van der Waals surface area contributed by atoms with E-state index in [1.54, 1.807) is 21.3 Å². The fourth-order valence-electron chi connectivity index (χ4n) is 2.26. The first-order valence-electron chi connectivity index (χ1n) is 6.72. The van der Waals surface area contributed by atoms with Gasteiger partial charge in [0.1, 0.15) is 11.5 Å². The minimum absolute atomic E-state index is 0.700. The molecule has 0 saturated heterocycles. The van der Waals surface area contributed by atoms with Crippen molar-refractivity contribution in [1.29, 1.82) is 0 Å². The van der Waals surface area contributed by atoms with Crippen LogP contribution in [0.3, 0.4) is 0 Å². The molecule has 0 aromatic heterocycles. The van der Waals surface area contributed by atoms with Crippen LogP contribution in [0, 0.1) is 0 Å². The van der Waals surface area contributed by atoms with Gasteiger partial charge in [0, 0.05) is 31.8 Å². The van der Waals surface area contributed by atoms with Gasteiger partial charge in [-0.3, -0.25) is 4.90 Å². The monoisotopic (exact) mass is 265 g/mol. The summed E-state index contributed by atoms with van der Waals surface area (Å²) in [7, 11) is 5.15. The van der Waals surface area contributed by atoms with Crippen molar-refractivity contribution in [1.82, 2.24) is 4.90 Å². The summed E-state index contributed by atoms with van der Waals surface area (Å²) in [6, 6.07) is 6.65. The number of nitrogens with zero attached hydrogens (tertiary/aromatic N) is 1. The van der Waals surface area contributed by atoms with Crippen LogP contribution >= 0.6 is 0 Å². The molecule has 0 unspecified atom stereocenters. The maximum absolute atomic E-state index is 5.44. The number of rotatable bonds is 8. The molecule has 0 N–H and O–H groups in total. The zero-order valence-corrected chi connectivity index (χ0v) is 12.0. The fourth-order valence-corrected chi connectivity index (χ4v) is 2.26. The number of hydrogen-bond acceptors (Lipinski definition) is 4. The zero-order valence-electron chi connectivity index (χ0n) is 12.0. The van der Waals surface area contributed by atoms with Crippen LogP contribution in [0.4, 0.5) is 0 Å². The lowest BCUT2D eigenvalue weighted by atomic mass is 10.1. The van der Waals surface area contributed by atoms with Gasteiger partial charge in [-0.15, -0.1) is 0 Å². The molecule has 0 heterocycles. The molecule has 0 spiro atoms. The van der Waals surface area contributed by atoms with Crippen molar-refractivity contribution in [2.24, 2.45) is 0 Å². The van der Waals surface area contributed by atoms with E-state index in [0.717, 1.165) is 31.2 Å². The fraction of sp³-hybridized carbons (Fsp3) is 0.600. The van der Waals surface area contributed by atoms with Crippen LogP contribution in [0.15, 0.2) is 18.2 Å². The largest absolute Gasteiger partial charge is 0.497 e. The van der Waals surface area contributed by atoms with Crippen molar-refractivity contribution in [3.8, 4) is 11.5 Å². The summed E-state index contributed by atoms with van der Waals surface area (Å²) >= 11 is 0. The maximum Gasteiger partial charge on any atom is 0.123 e. The molecule has 0 radical (unpaired) electrons. The van der Waals surface area contributed by atoms with Gasteiger partial charge in [0.15, 0.2) is 0 Å². The second-order valence-corrected chi connectivity index (χ2v) is 4.87. The van der Waals surface area contributed by atoms with Crippen molar-refractivity contribution >= 4 is 0 Å². The lowest BCUT2D eigenvalue weighted by Gasteiger charge is -2.23. The summed E-state index contributed by atoms with van der Waals surface area (Å²) in [6.07, 6.45) is 2.58. The number of hydrogen-bond donors (Lipinski definition) is 0. The van der Waals surface area contributed by atoms with E-state index in [0.29, 0.717) is 6.04 Å². The average molecular weight is 265 g/mol. The van der Waals surface area contributed by atoms with Gasteiger partial charge < -0.3 is 14.2 Å². The Balaban J connectivity index is 2.09. The van der Waals surface area contributed by atoms with Crippen LogP contribution in [-0.4, -0.2) is 45.4 Å². The van der Waals surface area contributed by atoms with Crippen molar-refractivity contribution < 1.29 is 14.2 Å². The quantitative estimate of drug-likeness (QED) is 0.722. The molecule has 1 aliphatic rings. The van der Waals surface area contributed by atoms with Gasteiger partial charge in [0.2, 0.25) is 0 Å². The van der Waals surface area contributed by atoms with E-state index in [4.69, 9.17) is 14.2 Å². The van der Waals surface area contributed by atoms with Gasteiger partial charge in [-0.25, -0.2) is 0 Å². The van der Waals surface area contributed by atoms with E-state index in [9.17, 15) is 0 Å². The highest BCUT2D eigenvalue weighted by Gasteiger charge is 2.29. The van der Waals surface area contributed by atoms with Crippen LogP contribution in [0.25, 0.3) is 0 Å². The predicted molar refractivity (Wildman–Crippen MR) is 74.9 cm³/mol. The van der Waals surface area contributed by atoms with Gasteiger partial charge in [-0.05, 0) is 31.0 Å². The standard InChI is InChI=1S/C15H23NO3/c1-17-9-8-16(13-4-5-13)11-12-10-14(18-2)6-7-15(12)19-3/h6-7,10,13H,4-5,8-9,11H2,1-3H3. The van der Waals surface area contributed by atoms with Crippen LogP contribution in [-0.2, 0) is 11.3 Å². The molecule has 4 nitrogen and oxygen atoms in total. The Morgan fingerprint density at radius 1 is 1.16 bits per heavy atom. The number of benzene rings is 1. The minimum atomic E-state index is 0.700. The van der Waals surface area contributed by atoms with Crippen LogP contribution in [0.1, 0.15) is 18.4 Å². The van der Waals surface area contributed by atoms with Crippen molar-refractivity contribution in [2.45, 2.75) is 25.4 Å². The lowest BCUT2D eigenvalue weighted by Crippen LogP contribution is -2.29. The highest BCUT2D eigenvalue weighted by atomic mass is 16.5. The van der Waals surface area contributed by atoms with Gasteiger partial charge in [0.05, 0.1) is 20.8 Å². The Morgan fingerprint density at radius 2 is 1.95 bits per heavy atom. The van der Waals surface area contributed by atoms with Gasteiger partial charge in [0.25, 0.3) is 0 Å². The van der Waals surface area contributed by atoms with Crippen LogP contribution in [0.5, 0.6) is 11.5 Å². The summed E-state index contributed by atoms with van der Waals surface area (Å²) in [5.41, 5.74) is 1.17. The molecule has 1 aromatic rings. The van der Waals surface area contributed by atoms with Crippen LogP contribution in [0.2, 0.25) is 0 Å². The first-order chi connectivity index (χ1) is 9.28. The third-order valence-electron chi connectivity index (χ3n) is 3.51. The van der Waals surface area contributed by atoms with Crippen molar-refractivity contribution in [3.63, 3.8) is 0 Å². The van der Waals surface area contributed by atoms with E-state index in [1.807, 2.05) is 12.1 Å². The highest BCUT2D eigenvalue weighted by Crippen LogP contribution is 2.31. The molecule has 4 heteroatoms. The second kappa shape index (κ2) is 6.78. The van der Waals surface area contributed by atoms with E-state index in [2.05, 4.69) is 11.0 Å². The van der Waals surface area contributed by atoms with E-state index in [1.165, 1.54) is 18.4 Å². The molecule has 106 valence electrons. The van der Waals surface area contributed by atoms with Crippen LogP contribution < -0.4 is 9.47 Å². The first-order valence-corrected chi connectivity index (χ1v) is 6.72. The molecular weight excluding hydrogens is 242 g/mol. The molecule has 0 bridgehead atoms. The molecule has 0 aliphatic heterocycles. The van der Waals surface area contributed by atoms with Crippen molar-refractivity contribution in [3.05, 3.63) is 23.8 Å². The average Bonchev–Trinajstić information content (AvgIpc) is 3.27. The Morgan fingerprint density at radius 3 is 2.53 bits per heavy atom. The van der Waals surface area contributed by atoms with Gasteiger partial charge >= 0.3 is 0 Å². The third kappa shape index (κ3) is 3.85. The Hall–Kier alpha value is -1.26. The first kappa shape index (κ1) is 14.2. The Bertz CT molecular complexity index is 404. The van der Waals surface area contributed by atoms with Crippen molar-refractivity contribution in [2.75, 3.05) is 34.5 Å². The van der Waals surface area contributed by atoms with E-state index in [-0.39, 0.29) is 0 Å². The predicted octanol–water partition coefficient (Wildman–Crippen LogP) is 2.31. The molecule has 1 aromatic carbocycles. The molecule has 2 rings (SSSR count). The van der Waals surface area contributed by atoms with Gasteiger partial charge in [-0.2, -0.15) is 0 Å². The molecule has 0 atom stereocenters. The molecule has 0 amide bonds. The summed E-state index contributed by atoms with van der Waals surface area (Å²) in [5.74, 6) is 1.79.